The minimum absolute atomic E-state index is 0.00901. The number of aryl methyl sites for hydroxylation is 4. The molecular formula is C62H46N38O26S8. The van der Waals surface area contributed by atoms with Crippen molar-refractivity contribution in [2.24, 2.45) is 40.9 Å². The van der Waals surface area contributed by atoms with Crippen LogP contribution >= 0.6 is 48.2 Å². The smallest absolute Gasteiger partial charge is 0.320 e. The molecule has 64 nitrogen and oxygen atoms in total. The number of nitrogens with zero attached hydrogens (tertiary/aromatic N) is 34. The molecular weight excluding hydrogens is 1950 g/mol. The highest BCUT2D eigenvalue weighted by Gasteiger charge is 2.30. The number of nitriles is 4. The van der Waals surface area contributed by atoms with Crippen molar-refractivity contribution < 1.29 is 121 Å². The molecule has 0 aliphatic rings. The van der Waals surface area contributed by atoms with E-state index in [0.29, 0.717) is 48.2 Å². The van der Waals surface area contributed by atoms with Crippen LogP contribution in [0.25, 0.3) is 46.5 Å². The Hall–Kier alpha value is -15.7. The first-order chi connectivity index (χ1) is 63.7. The average Bonchev–Trinajstić information content (AvgIpc) is 1.47. The van der Waals surface area contributed by atoms with Crippen molar-refractivity contribution in [3.05, 3.63) is 143 Å². The zero-order valence-corrected chi connectivity index (χ0v) is 72.6. The van der Waals surface area contributed by atoms with E-state index in [1.54, 1.807) is 0 Å². The molecule has 0 atom stereocenters. The summed E-state index contributed by atoms with van der Waals surface area (Å²) in [7, 11) is -19.3. The van der Waals surface area contributed by atoms with Gasteiger partial charge in [0.1, 0.15) is 51.4 Å². The number of hydrogen-bond donors (Lipinski definition) is 14. The summed E-state index contributed by atoms with van der Waals surface area (Å²) >= 11 is 1.59. The van der Waals surface area contributed by atoms with Gasteiger partial charge in [0.05, 0.1) is 138 Å². The summed E-state index contributed by atoms with van der Waals surface area (Å²) in [6.07, 6.45) is 4.30. The lowest BCUT2D eigenvalue weighted by Gasteiger charge is -2.10. The summed E-state index contributed by atoms with van der Waals surface area (Å²) in [5, 5.41) is 176. The fraction of sp³-hybridized carbons (Fsp3) is 0.0645. The van der Waals surface area contributed by atoms with Crippen LogP contribution in [0.15, 0.2) is 178 Å². The predicted octanol–water partition coefficient (Wildman–Crippen LogP) is 8.05. The molecule has 0 amide bonds. The van der Waals surface area contributed by atoms with E-state index in [0.717, 1.165) is 111 Å². The van der Waals surface area contributed by atoms with Crippen LogP contribution in [0.3, 0.4) is 0 Å². The second kappa shape index (κ2) is 39.5. The Morgan fingerprint density at radius 2 is 0.664 bits per heavy atom. The van der Waals surface area contributed by atoms with Crippen LogP contribution in [0.2, 0.25) is 0 Å². The quantitative estimate of drug-likeness (QED) is 0.00623. The van der Waals surface area contributed by atoms with Gasteiger partial charge in [0.25, 0.3) is 64.3 Å². The van der Waals surface area contributed by atoms with E-state index in [2.05, 4.69) is 149 Å². The van der Waals surface area contributed by atoms with Gasteiger partial charge in [0.2, 0.25) is 0 Å². The monoisotopic (exact) mass is 1990 g/mol. The fourth-order valence-electron chi connectivity index (χ4n) is 11.3. The lowest BCUT2D eigenvalue weighted by atomic mass is 10.3. The van der Waals surface area contributed by atoms with Crippen LogP contribution in [-0.2, 0) is 78.0 Å². The van der Waals surface area contributed by atoms with Gasteiger partial charge in [-0.05, 0) is 100 Å². The van der Waals surface area contributed by atoms with Crippen LogP contribution in [-0.4, -0.2) is 191 Å². The Morgan fingerprint density at radius 3 is 0.985 bits per heavy atom. The molecule has 688 valence electrons. The minimum atomic E-state index is -4.90. The minimum Gasteiger partial charge on any atom is -0.479 e. The van der Waals surface area contributed by atoms with E-state index in [1.165, 1.54) is 52.0 Å². The van der Waals surface area contributed by atoms with E-state index in [1.807, 2.05) is 24.3 Å². The van der Waals surface area contributed by atoms with Gasteiger partial charge in [-0.25, -0.2) is 39.8 Å². The normalized spacial score (nSPS) is 12.1. The number of aromatic nitrogens is 22. The van der Waals surface area contributed by atoms with Crippen LogP contribution in [0.1, 0.15) is 45.0 Å². The maximum absolute atomic E-state index is 12.3. The van der Waals surface area contributed by atoms with Gasteiger partial charge in [-0.15, -0.1) is 58.2 Å². The molecule has 0 saturated heterocycles. The Bertz CT molecular complexity index is 7620. The van der Waals surface area contributed by atoms with Gasteiger partial charge in [-0.1, -0.05) is 20.2 Å². The van der Waals surface area contributed by atoms with Gasteiger partial charge in [-0.2, -0.15) is 144 Å². The van der Waals surface area contributed by atoms with Crippen LogP contribution < -0.4 is 22.9 Å². The Balaban J connectivity index is 0.000000227. The summed E-state index contributed by atoms with van der Waals surface area (Å²) in [4.78, 5) is 21.8. The summed E-state index contributed by atoms with van der Waals surface area (Å²) in [5.74, 6) is -3.83. The van der Waals surface area contributed by atoms with Crippen molar-refractivity contribution >= 4 is 158 Å². The molecule has 10 heterocycles. The predicted molar refractivity (Wildman–Crippen MR) is 440 cm³/mol. The molecule has 0 unspecified atom stereocenters. The van der Waals surface area contributed by atoms with Gasteiger partial charge >= 0.3 is 12.0 Å². The van der Waals surface area contributed by atoms with E-state index in [4.69, 9.17) is 44.0 Å². The Morgan fingerprint density at radius 1 is 0.351 bits per heavy atom. The van der Waals surface area contributed by atoms with Crippen LogP contribution in [0, 0.1) is 73.0 Å². The number of azo groups is 4. The third kappa shape index (κ3) is 20.5. The molecule has 134 heavy (non-hydrogen) atoms. The summed E-state index contributed by atoms with van der Waals surface area (Å²) in [6, 6.07) is 18.8. The van der Waals surface area contributed by atoms with Crippen molar-refractivity contribution in [3.8, 4) is 82.8 Å². The second-order valence-electron chi connectivity index (χ2n) is 25.2. The van der Waals surface area contributed by atoms with Crippen molar-refractivity contribution in [2.45, 2.75) is 66.9 Å². The molecule has 0 spiro atoms. The molecule has 0 bridgehead atoms. The first-order valence-corrected chi connectivity index (χ1v) is 43.5. The summed E-state index contributed by atoms with van der Waals surface area (Å²) in [6.45, 7) is 5.84. The molecule has 18 N–H and O–H groups in total. The largest absolute Gasteiger partial charge is 0.479 e. The molecule has 0 fully saturated rings. The van der Waals surface area contributed by atoms with E-state index in [9.17, 15) is 83.1 Å². The van der Waals surface area contributed by atoms with Gasteiger partial charge < -0.3 is 33.1 Å². The van der Waals surface area contributed by atoms with Crippen LogP contribution in [0.4, 0.5) is 69.3 Å². The lowest BCUT2D eigenvalue weighted by molar-refractivity contribution is -0.432. The third-order valence-electron chi connectivity index (χ3n) is 17.0. The van der Waals surface area contributed by atoms with Gasteiger partial charge in [0.15, 0.2) is 69.3 Å². The SMILES string of the molecule is Cc1nn(-c2nc(O)nc(-n3nc(C)c(N=Nc4c(C#N)cnn4-c4cc(SOOO)cc(S(=O)(=O)O)c4)c3N)n2)c(N)c1N=Nc1c(C#N)cnn1-c1cc(SOOO)cc(S(=O)(=O)O)c1.Cc1nn(-c2nc(O)nc(-n3nc(C)c(N=Nc4c(C#N)cnn4-c4cc(SOOO)ccc4S(=O)(=O)O)c3N)n2)c(N)c1N=Nc1c(C#N)cnn1-c1cc(S(=O)(=O)O)ccc1SOOO. The maximum atomic E-state index is 12.3. The summed E-state index contributed by atoms with van der Waals surface area (Å²) in [5.41, 5.74) is 24.3. The highest BCUT2D eigenvalue weighted by atomic mass is 32.2. The molecule has 4 aromatic carbocycles. The molecule has 14 rings (SSSR count). The molecule has 14 aromatic rings. The fourth-order valence-corrected chi connectivity index (χ4v) is 15.4. The number of benzene rings is 4. The highest BCUT2D eigenvalue weighted by Crippen LogP contribution is 2.42. The number of nitrogen functional groups attached to an aromatic ring is 4. The molecule has 72 heteroatoms. The first-order valence-electron chi connectivity index (χ1n) is 34.7. The molecule has 0 radical (unpaired) electrons. The van der Waals surface area contributed by atoms with Crippen molar-refractivity contribution in [2.75, 3.05) is 22.9 Å². The van der Waals surface area contributed by atoms with Gasteiger partial charge in [0, 0.05) is 14.7 Å². The zero-order valence-electron chi connectivity index (χ0n) is 66.0. The van der Waals surface area contributed by atoms with E-state index in [-0.39, 0.29) is 157 Å². The molecule has 0 aliphatic heterocycles. The number of anilines is 4. The van der Waals surface area contributed by atoms with Crippen molar-refractivity contribution in [1.29, 1.82) is 21.0 Å². The highest BCUT2D eigenvalue weighted by molar-refractivity contribution is 7.95. The number of rotatable bonds is 32. The summed E-state index contributed by atoms with van der Waals surface area (Å²) < 4.78 is 161. The lowest BCUT2D eigenvalue weighted by Crippen LogP contribution is -2.13. The molecule has 0 aliphatic carbocycles. The molecule has 0 saturated carbocycles. The van der Waals surface area contributed by atoms with Gasteiger partial charge in [-0.3, -0.25) is 18.2 Å². The van der Waals surface area contributed by atoms with Crippen molar-refractivity contribution in [3.63, 3.8) is 0 Å². The van der Waals surface area contributed by atoms with Crippen molar-refractivity contribution in [1.82, 2.24) is 108 Å². The third-order valence-corrected chi connectivity index (χ3v) is 22.7. The van der Waals surface area contributed by atoms with E-state index < -0.39 is 95.9 Å². The first kappa shape index (κ1) is 95.9. The molecule has 10 aromatic heterocycles. The van der Waals surface area contributed by atoms with Crippen LogP contribution in [0.5, 0.6) is 12.0 Å². The Labute approximate surface area is 759 Å². The number of hydrogen-bond acceptors (Lipinski definition) is 56. The maximum Gasteiger partial charge on any atom is 0.320 e. The number of aromatic hydroxyl groups is 2. The average molecular weight is 2000 g/mol. The standard InChI is InChI=1S/2C31H23N19O13S4/c1-13-23(41-43-27-15(9-32)11-36-47(27)17-3-19(64-62-60-52)7-21(5-17)66(54,55)56)25(34)49(45-13)29-38-30(40-31(51)39-29)50-26(35)24(14(2)46-50)42-44-28-16(10-33)12-37-48(28)18-4-20(65-63-61-53)8-22(6-18)67(57,58)59;1-13-23(41-43-27-15(9-32)11-36-47(27)19-8-18(66(54,55)56)4-5-21(19)65-63-61-53)25(34)49(45-13)29-38-30(40-31(51)39-29)50-26(35)24(14(2)46-50)42-44-28-16(10-33)12-37-48(28)20-7-17(64-62-60-52)3-6-22(20)67(57,58)59/h2*3-8,11-12,52-53H,34-35H2,1-2H3,(H,54,55,56)(H,57,58,59)(H,38,39,40,51). The second-order valence-corrected chi connectivity index (χ2v) is 33.9. The zero-order chi connectivity index (χ0) is 96.7. The van der Waals surface area contributed by atoms with E-state index >= 15 is 0 Å². The number of nitrogens with two attached hydrogens (primary N) is 4. The Kier molecular flexibility index (Phi) is 28.3. The topological polar surface area (TPSA) is 931 Å².